The summed E-state index contributed by atoms with van der Waals surface area (Å²) in [5.41, 5.74) is 1.18. The second-order valence-corrected chi connectivity index (χ2v) is 6.06. The summed E-state index contributed by atoms with van der Waals surface area (Å²) < 4.78 is 11.1. The first kappa shape index (κ1) is 18.8. The van der Waals surface area contributed by atoms with E-state index in [1.54, 1.807) is 36.4 Å². The zero-order valence-electron chi connectivity index (χ0n) is 15.0. The van der Waals surface area contributed by atoms with Gasteiger partial charge < -0.3 is 14.8 Å². The molecule has 0 atom stereocenters. The van der Waals surface area contributed by atoms with E-state index in [9.17, 15) is 9.59 Å². The van der Waals surface area contributed by atoms with E-state index in [0.717, 1.165) is 4.90 Å². The number of benzene rings is 2. The maximum atomic E-state index is 12.7. The standard InChI is InChI=1S/C20H19ClN2O4/c1-3-26-17-11-13(15(21)12-18(17)27-4-2)10-16-19(24)23(20(25)22-16)14-8-6-5-7-9-14/h5-12H,3-4H2,1-2H3,(H,22,25)/b16-10-. The lowest BCUT2D eigenvalue weighted by atomic mass is 10.1. The number of rotatable bonds is 6. The van der Waals surface area contributed by atoms with Crippen LogP contribution < -0.4 is 19.7 Å². The van der Waals surface area contributed by atoms with E-state index in [-0.39, 0.29) is 5.70 Å². The number of carbonyl (C=O) groups excluding carboxylic acids is 2. The summed E-state index contributed by atoms with van der Waals surface area (Å²) in [6, 6.07) is 11.5. The highest BCUT2D eigenvalue weighted by Crippen LogP contribution is 2.35. The summed E-state index contributed by atoms with van der Waals surface area (Å²) in [7, 11) is 0. The molecule has 140 valence electrons. The second kappa shape index (κ2) is 8.14. The smallest absolute Gasteiger partial charge is 0.333 e. The summed E-state index contributed by atoms with van der Waals surface area (Å²) in [5, 5.41) is 2.97. The Labute approximate surface area is 162 Å². The molecule has 27 heavy (non-hydrogen) atoms. The number of para-hydroxylation sites is 1. The molecule has 1 aliphatic rings. The molecule has 0 spiro atoms. The van der Waals surface area contributed by atoms with Gasteiger partial charge in [-0.3, -0.25) is 4.79 Å². The topological polar surface area (TPSA) is 67.9 Å². The lowest BCUT2D eigenvalue weighted by molar-refractivity contribution is -0.113. The number of carbonyl (C=O) groups is 2. The van der Waals surface area contributed by atoms with Crippen molar-refractivity contribution in [2.24, 2.45) is 0 Å². The highest BCUT2D eigenvalue weighted by atomic mass is 35.5. The van der Waals surface area contributed by atoms with Gasteiger partial charge in [-0.25, -0.2) is 9.69 Å². The number of anilines is 1. The number of ether oxygens (including phenoxy) is 2. The summed E-state index contributed by atoms with van der Waals surface area (Å²) in [6.45, 7) is 4.65. The molecule has 1 heterocycles. The van der Waals surface area contributed by atoms with Gasteiger partial charge in [0.1, 0.15) is 5.70 Å². The molecule has 0 aromatic heterocycles. The number of urea groups is 1. The van der Waals surface area contributed by atoms with Crippen LogP contribution in [-0.4, -0.2) is 25.2 Å². The molecule has 0 aliphatic carbocycles. The fourth-order valence-corrected chi connectivity index (χ4v) is 2.91. The van der Waals surface area contributed by atoms with Gasteiger partial charge in [0, 0.05) is 6.07 Å². The fraction of sp³-hybridized carbons (Fsp3) is 0.200. The molecule has 6 nitrogen and oxygen atoms in total. The summed E-state index contributed by atoms with van der Waals surface area (Å²) in [5.74, 6) is 0.598. The molecule has 1 aliphatic heterocycles. The molecular formula is C20H19ClN2O4. The zero-order chi connectivity index (χ0) is 19.4. The Hall–Kier alpha value is -2.99. The van der Waals surface area contributed by atoms with E-state index in [0.29, 0.717) is 41.0 Å². The van der Waals surface area contributed by atoms with Gasteiger partial charge in [0.05, 0.1) is 23.9 Å². The van der Waals surface area contributed by atoms with Crippen LogP contribution in [0.3, 0.4) is 0 Å². The number of nitrogens with zero attached hydrogens (tertiary/aromatic N) is 1. The van der Waals surface area contributed by atoms with E-state index < -0.39 is 11.9 Å². The molecule has 7 heteroatoms. The van der Waals surface area contributed by atoms with E-state index in [4.69, 9.17) is 21.1 Å². The first-order chi connectivity index (χ1) is 13.0. The lowest BCUT2D eigenvalue weighted by Crippen LogP contribution is -2.30. The minimum absolute atomic E-state index is 0.136. The summed E-state index contributed by atoms with van der Waals surface area (Å²) in [4.78, 5) is 26.0. The summed E-state index contributed by atoms with van der Waals surface area (Å²) in [6.07, 6.45) is 1.53. The highest BCUT2D eigenvalue weighted by Gasteiger charge is 2.34. The number of halogens is 1. The van der Waals surface area contributed by atoms with Gasteiger partial charge >= 0.3 is 6.03 Å². The predicted octanol–water partition coefficient (Wildman–Crippen LogP) is 4.23. The van der Waals surface area contributed by atoms with Crippen molar-refractivity contribution in [3.05, 3.63) is 58.7 Å². The minimum atomic E-state index is -0.510. The number of hydrogen-bond donors (Lipinski definition) is 1. The van der Waals surface area contributed by atoms with Crippen molar-refractivity contribution in [3.8, 4) is 11.5 Å². The average molecular weight is 387 g/mol. The largest absolute Gasteiger partial charge is 0.490 e. The highest BCUT2D eigenvalue weighted by molar-refractivity contribution is 6.33. The fourth-order valence-electron chi connectivity index (χ4n) is 2.70. The number of hydrogen-bond acceptors (Lipinski definition) is 4. The molecule has 0 bridgehead atoms. The van der Waals surface area contributed by atoms with E-state index in [1.807, 2.05) is 19.9 Å². The SMILES string of the molecule is CCOc1cc(Cl)c(/C=C2\NC(=O)N(c3ccccc3)C2=O)cc1OCC. The Morgan fingerprint density at radius 1 is 1.04 bits per heavy atom. The van der Waals surface area contributed by atoms with Crippen LogP contribution >= 0.6 is 11.6 Å². The molecule has 1 N–H and O–H groups in total. The van der Waals surface area contributed by atoms with Crippen LogP contribution in [0, 0.1) is 0 Å². The average Bonchev–Trinajstić information content (AvgIpc) is 2.93. The van der Waals surface area contributed by atoms with Gasteiger partial charge in [-0.1, -0.05) is 29.8 Å². The quantitative estimate of drug-likeness (QED) is 0.595. The molecule has 0 saturated carbocycles. The number of imide groups is 1. The molecule has 2 aromatic carbocycles. The van der Waals surface area contributed by atoms with Gasteiger partial charge in [-0.2, -0.15) is 0 Å². The first-order valence-electron chi connectivity index (χ1n) is 8.56. The minimum Gasteiger partial charge on any atom is -0.490 e. The maximum absolute atomic E-state index is 12.7. The lowest BCUT2D eigenvalue weighted by Gasteiger charge is -2.13. The molecule has 2 aromatic rings. The Kier molecular flexibility index (Phi) is 5.66. The van der Waals surface area contributed by atoms with Crippen molar-refractivity contribution >= 4 is 35.3 Å². The van der Waals surface area contributed by atoms with E-state index >= 15 is 0 Å². The van der Waals surface area contributed by atoms with Crippen molar-refractivity contribution in [3.63, 3.8) is 0 Å². The molecule has 1 saturated heterocycles. The van der Waals surface area contributed by atoms with Crippen LogP contribution in [0.1, 0.15) is 19.4 Å². The first-order valence-corrected chi connectivity index (χ1v) is 8.94. The maximum Gasteiger partial charge on any atom is 0.333 e. The van der Waals surface area contributed by atoms with Crippen LogP contribution in [0.2, 0.25) is 5.02 Å². The molecule has 0 radical (unpaired) electrons. The van der Waals surface area contributed by atoms with Crippen molar-refractivity contribution in [2.45, 2.75) is 13.8 Å². The monoisotopic (exact) mass is 386 g/mol. The Bertz CT molecular complexity index is 896. The van der Waals surface area contributed by atoms with Crippen molar-refractivity contribution < 1.29 is 19.1 Å². The van der Waals surface area contributed by atoms with Gasteiger partial charge in [-0.15, -0.1) is 0 Å². The van der Waals surface area contributed by atoms with E-state index in [2.05, 4.69) is 5.32 Å². The Balaban J connectivity index is 1.96. The van der Waals surface area contributed by atoms with Crippen molar-refractivity contribution in [2.75, 3.05) is 18.1 Å². The third kappa shape index (κ3) is 3.90. The molecule has 0 unspecified atom stereocenters. The second-order valence-electron chi connectivity index (χ2n) is 5.65. The van der Waals surface area contributed by atoms with Crippen LogP contribution in [0.25, 0.3) is 6.08 Å². The zero-order valence-corrected chi connectivity index (χ0v) is 15.7. The molecule has 1 fully saturated rings. The van der Waals surface area contributed by atoms with Crippen LogP contribution in [0.4, 0.5) is 10.5 Å². The Morgan fingerprint density at radius 3 is 2.30 bits per heavy atom. The van der Waals surface area contributed by atoms with E-state index in [1.165, 1.54) is 6.08 Å². The van der Waals surface area contributed by atoms with Crippen LogP contribution in [0.5, 0.6) is 11.5 Å². The van der Waals surface area contributed by atoms with Gasteiger partial charge in [0.25, 0.3) is 5.91 Å². The van der Waals surface area contributed by atoms with Gasteiger partial charge in [-0.05, 0) is 43.7 Å². The van der Waals surface area contributed by atoms with Gasteiger partial charge in [0.15, 0.2) is 11.5 Å². The van der Waals surface area contributed by atoms with Crippen LogP contribution in [-0.2, 0) is 4.79 Å². The van der Waals surface area contributed by atoms with Crippen molar-refractivity contribution in [1.29, 1.82) is 0 Å². The Morgan fingerprint density at radius 2 is 1.67 bits per heavy atom. The third-order valence-electron chi connectivity index (χ3n) is 3.86. The molecular weight excluding hydrogens is 368 g/mol. The number of nitrogens with one attached hydrogen (secondary N) is 1. The van der Waals surface area contributed by atoms with Crippen LogP contribution in [0.15, 0.2) is 48.2 Å². The summed E-state index contributed by atoms with van der Waals surface area (Å²) >= 11 is 6.34. The third-order valence-corrected chi connectivity index (χ3v) is 4.18. The normalized spacial score (nSPS) is 15.2. The number of amides is 3. The predicted molar refractivity (Wildman–Crippen MR) is 104 cm³/mol. The van der Waals surface area contributed by atoms with Gasteiger partial charge in [0.2, 0.25) is 0 Å². The molecule has 3 rings (SSSR count). The van der Waals surface area contributed by atoms with Crippen molar-refractivity contribution in [1.82, 2.24) is 5.32 Å². The molecule has 3 amide bonds.